The molecule has 1 amide bonds. The van der Waals surface area contributed by atoms with Crippen LogP contribution >= 0.6 is 15.9 Å². The quantitative estimate of drug-likeness (QED) is 0.760. The smallest absolute Gasteiger partial charge is 0.410 e. The van der Waals surface area contributed by atoms with Crippen molar-refractivity contribution < 1.29 is 9.53 Å². The fourth-order valence-corrected chi connectivity index (χ4v) is 3.60. The van der Waals surface area contributed by atoms with Crippen LogP contribution < -0.4 is 0 Å². The molecular formula is C19H20BrNO2. The van der Waals surface area contributed by atoms with Crippen molar-refractivity contribution in [3.63, 3.8) is 0 Å². The molecule has 0 unspecified atom stereocenters. The number of benzene rings is 2. The average Bonchev–Trinajstić information content (AvgIpc) is 2.61. The molecule has 0 spiro atoms. The van der Waals surface area contributed by atoms with Crippen LogP contribution in [0.3, 0.4) is 0 Å². The normalized spacial score (nSPS) is 15.4. The van der Waals surface area contributed by atoms with E-state index in [0.717, 1.165) is 36.0 Å². The van der Waals surface area contributed by atoms with Crippen molar-refractivity contribution >= 4 is 22.0 Å². The molecule has 2 aromatic rings. The van der Waals surface area contributed by atoms with E-state index in [2.05, 4.69) is 34.1 Å². The number of carbonyl (C=O) groups excluding carboxylic acids is 1. The maximum absolute atomic E-state index is 12.2. The molecule has 2 aromatic carbocycles. The lowest BCUT2D eigenvalue weighted by atomic mass is 9.90. The summed E-state index contributed by atoms with van der Waals surface area (Å²) in [5.74, 6) is 0.503. The molecule has 4 heteroatoms. The molecule has 1 saturated heterocycles. The maximum atomic E-state index is 12.2. The van der Waals surface area contributed by atoms with Gasteiger partial charge in [-0.1, -0.05) is 64.5 Å². The minimum absolute atomic E-state index is 0.209. The highest BCUT2D eigenvalue weighted by atomic mass is 79.9. The summed E-state index contributed by atoms with van der Waals surface area (Å²) in [6.07, 6.45) is 1.74. The minimum Gasteiger partial charge on any atom is -0.445 e. The van der Waals surface area contributed by atoms with Crippen molar-refractivity contribution in [1.29, 1.82) is 0 Å². The zero-order valence-electron chi connectivity index (χ0n) is 13.0. The van der Waals surface area contributed by atoms with Crippen LogP contribution in [-0.4, -0.2) is 24.1 Å². The van der Waals surface area contributed by atoms with Crippen molar-refractivity contribution in [1.82, 2.24) is 4.90 Å². The lowest BCUT2D eigenvalue weighted by Gasteiger charge is -2.32. The monoisotopic (exact) mass is 373 g/mol. The van der Waals surface area contributed by atoms with E-state index in [0.29, 0.717) is 12.5 Å². The summed E-state index contributed by atoms with van der Waals surface area (Å²) in [7, 11) is 0. The standard InChI is InChI=1S/C19H20BrNO2/c20-18-9-5-4-8-17(18)16-10-12-21(13-11-16)19(22)23-14-15-6-2-1-3-7-15/h1-9,16H,10-14H2. The highest BCUT2D eigenvalue weighted by Gasteiger charge is 2.25. The molecule has 3 rings (SSSR count). The molecule has 1 fully saturated rings. The van der Waals surface area contributed by atoms with Gasteiger partial charge in [-0.3, -0.25) is 0 Å². The maximum Gasteiger partial charge on any atom is 0.410 e. The van der Waals surface area contributed by atoms with Crippen LogP contribution in [0, 0.1) is 0 Å². The molecule has 0 aliphatic carbocycles. The first-order valence-corrected chi connectivity index (χ1v) is 8.73. The molecule has 1 heterocycles. The Morgan fingerprint density at radius 1 is 1.04 bits per heavy atom. The van der Waals surface area contributed by atoms with Gasteiger partial charge in [0.1, 0.15) is 6.61 Å². The van der Waals surface area contributed by atoms with E-state index < -0.39 is 0 Å². The highest BCUT2D eigenvalue weighted by molar-refractivity contribution is 9.10. The second-order valence-electron chi connectivity index (χ2n) is 5.82. The fraction of sp³-hybridized carbons (Fsp3) is 0.316. The van der Waals surface area contributed by atoms with Crippen molar-refractivity contribution in [3.05, 3.63) is 70.2 Å². The molecule has 0 bridgehead atoms. The third-order valence-corrected chi connectivity index (χ3v) is 5.03. The molecule has 0 radical (unpaired) electrons. The predicted octanol–water partition coefficient (Wildman–Crippen LogP) is 4.97. The van der Waals surface area contributed by atoms with E-state index in [9.17, 15) is 4.79 Å². The second kappa shape index (κ2) is 7.64. The minimum atomic E-state index is -0.209. The molecule has 1 aliphatic rings. The lowest BCUT2D eigenvalue weighted by molar-refractivity contribution is 0.0870. The third kappa shape index (κ3) is 4.14. The van der Waals surface area contributed by atoms with Crippen molar-refractivity contribution in [2.24, 2.45) is 0 Å². The molecule has 0 saturated carbocycles. The van der Waals surface area contributed by atoms with E-state index in [4.69, 9.17) is 4.74 Å². The highest BCUT2D eigenvalue weighted by Crippen LogP contribution is 2.32. The Hall–Kier alpha value is -1.81. The number of hydrogen-bond acceptors (Lipinski definition) is 2. The largest absolute Gasteiger partial charge is 0.445 e. The van der Waals surface area contributed by atoms with Crippen LogP contribution in [0.15, 0.2) is 59.1 Å². The van der Waals surface area contributed by atoms with Crippen LogP contribution in [0.2, 0.25) is 0 Å². The first-order valence-electron chi connectivity index (χ1n) is 7.94. The molecule has 3 nitrogen and oxygen atoms in total. The zero-order valence-corrected chi connectivity index (χ0v) is 14.5. The Balaban J connectivity index is 1.50. The predicted molar refractivity (Wildman–Crippen MR) is 94.3 cm³/mol. The van der Waals surface area contributed by atoms with E-state index in [1.165, 1.54) is 5.56 Å². The Morgan fingerprint density at radius 3 is 2.39 bits per heavy atom. The van der Waals surface area contributed by atoms with E-state index in [1.54, 1.807) is 0 Å². The number of halogens is 1. The van der Waals surface area contributed by atoms with Crippen LogP contribution in [0.4, 0.5) is 4.79 Å². The van der Waals surface area contributed by atoms with Gasteiger partial charge in [0.15, 0.2) is 0 Å². The summed E-state index contributed by atoms with van der Waals surface area (Å²) in [5, 5.41) is 0. The van der Waals surface area contributed by atoms with Gasteiger partial charge in [0.05, 0.1) is 0 Å². The number of piperidine rings is 1. The summed E-state index contributed by atoms with van der Waals surface area (Å²) in [6.45, 7) is 1.84. The summed E-state index contributed by atoms with van der Waals surface area (Å²) < 4.78 is 6.57. The van der Waals surface area contributed by atoms with Gasteiger partial charge in [-0.05, 0) is 36.0 Å². The van der Waals surface area contributed by atoms with Gasteiger partial charge in [-0.25, -0.2) is 4.79 Å². The van der Waals surface area contributed by atoms with Crippen LogP contribution in [0.25, 0.3) is 0 Å². The Morgan fingerprint density at radius 2 is 1.70 bits per heavy atom. The number of amides is 1. The van der Waals surface area contributed by atoms with E-state index in [-0.39, 0.29) is 6.09 Å². The van der Waals surface area contributed by atoms with Gasteiger partial charge >= 0.3 is 6.09 Å². The van der Waals surface area contributed by atoms with Gasteiger partial charge in [-0.2, -0.15) is 0 Å². The van der Waals surface area contributed by atoms with Crippen molar-refractivity contribution in [3.8, 4) is 0 Å². The fourth-order valence-electron chi connectivity index (χ4n) is 2.99. The number of carbonyl (C=O) groups is 1. The van der Waals surface area contributed by atoms with E-state index >= 15 is 0 Å². The van der Waals surface area contributed by atoms with Crippen LogP contribution in [-0.2, 0) is 11.3 Å². The Labute approximate surface area is 145 Å². The molecular weight excluding hydrogens is 354 g/mol. The average molecular weight is 374 g/mol. The Bertz CT molecular complexity index is 651. The summed E-state index contributed by atoms with van der Waals surface area (Å²) in [6, 6.07) is 18.1. The van der Waals surface area contributed by atoms with Gasteiger partial charge in [0.25, 0.3) is 0 Å². The van der Waals surface area contributed by atoms with Gasteiger partial charge in [0, 0.05) is 17.6 Å². The van der Waals surface area contributed by atoms with Gasteiger partial charge in [0.2, 0.25) is 0 Å². The molecule has 1 aliphatic heterocycles. The number of hydrogen-bond donors (Lipinski definition) is 0. The first-order chi connectivity index (χ1) is 11.2. The number of ether oxygens (including phenoxy) is 1. The SMILES string of the molecule is O=C(OCc1ccccc1)N1CCC(c2ccccc2Br)CC1. The Kier molecular flexibility index (Phi) is 5.34. The number of likely N-dealkylation sites (tertiary alicyclic amines) is 1. The second-order valence-corrected chi connectivity index (χ2v) is 6.68. The van der Waals surface area contributed by atoms with Crippen molar-refractivity contribution in [2.45, 2.75) is 25.4 Å². The van der Waals surface area contributed by atoms with Crippen LogP contribution in [0.5, 0.6) is 0 Å². The molecule has 23 heavy (non-hydrogen) atoms. The number of nitrogens with zero attached hydrogens (tertiary/aromatic N) is 1. The molecule has 0 aromatic heterocycles. The number of rotatable bonds is 3. The van der Waals surface area contributed by atoms with Gasteiger partial charge in [-0.15, -0.1) is 0 Å². The molecule has 0 N–H and O–H groups in total. The first kappa shape index (κ1) is 16.1. The molecule has 120 valence electrons. The molecule has 0 atom stereocenters. The van der Waals surface area contributed by atoms with E-state index in [1.807, 2.05) is 41.3 Å². The lowest BCUT2D eigenvalue weighted by Crippen LogP contribution is -2.38. The summed E-state index contributed by atoms with van der Waals surface area (Å²) in [5.41, 5.74) is 2.36. The summed E-state index contributed by atoms with van der Waals surface area (Å²) >= 11 is 3.62. The topological polar surface area (TPSA) is 29.5 Å². The zero-order chi connectivity index (χ0) is 16.1. The summed E-state index contributed by atoms with van der Waals surface area (Å²) in [4.78, 5) is 14.0. The third-order valence-electron chi connectivity index (χ3n) is 4.30. The van der Waals surface area contributed by atoms with Gasteiger partial charge < -0.3 is 9.64 Å². The van der Waals surface area contributed by atoms with Crippen LogP contribution in [0.1, 0.15) is 29.9 Å². The van der Waals surface area contributed by atoms with Crippen molar-refractivity contribution in [2.75, 3.05) is 13.1 Å².